The summed E-state index contributed by atoms with van der Waals surface area (Å²) in [6, 6.07) is 0. The molecule has 21 heavy (non-hydrogen) atoms. The summed E-state index contributed by atoms with van der Waals surface area (Å²) < 4.78 is 7.58. The monoisotopic (exact) mass is 311 g/mol. The minimum absolute atomic E-state index is 0.0275. The van der Waals surface area contributed by atoms with Crippen molar-refractivity contribution in [1.82, 2.24) is 19.6 Å². The lowest BCUT2D eigenvalue weighted by Gasteiger charge is -2.02. The molecule has 0 aromatic carbocycles. The number of ether oxygens (including phenoxy) is 1. The van der Waals surface area contributed by atoms with Crippen molar-refractivity contribution in [2.24, 2.45) is 7.05 Å². The quantitative estimate of drug-likeness (QED) is 0.860. The van der Waals surface area contributed by atoms with Gasteiger partial charge < -0.3 is 10.1 Å². The van der Waals surface area contributed by atoms with Crippen molar-refractivity contribution in [3.05, 3.63) is 28.8 Å². The van der Waals surface area contributed by atoms with Crippen molar-refractivity contribution < 1.29 is 14.3 Å². The van der Waals surface area contributed by atoms with Crippen LogP contribution in [-0.4, -0.2) is 38.5 Å². The van der Waals surface area contributed by atoms with E-state index in [2.05, 4.69) is 20.3 Å². The Hall–Kier alpha value is -2.35. The highest BCUT2D eigenvalue weighted by atomic mass is 35.5. The van der Waals surface area contributed by atoms with Crippen LogP contribution in [0.15, 0.2) is 12.4 Å². The van der Waals surface area contributed by atoms with Gasteiger partial charge in [0.25, 0.3) is 5.91 Å². The number of methoxy groups -OCH3 is 1. The van der Waals surface area contributed by atoms with Crippen LogP contribution in [0.2, 0.25) is 5.02 Å². The lowest BCUT2D eigenvalue weighted by atomic mass is 10.3. The smallest absolute Gasteiger partial charge is 0.360 e. The largest absolute Gasteiger partial charge is 0.464 e. The number of carbonyl (C=O) groups excluding carboxylic acids is 2. The zero-order valence-electron chi connectivity index (χ0n) is 11.8. The molecule has 1 amide bonds. The first-order chi connectivity index (χ1) is 9.96. The van der Waals surface area contributed by atoms with Gasteiger partial charge in [0.2, 0.25) is 0 Å². The maximum atomic E-state index is 12.1. The second kappa shape index (κ2) is 5.96. The van der Waals surface area contributed by atoms with Crippen LogP contribution in [-0.2, 0) is 18.3 Å². The Labute approximate surface area is 125 Å². The number of amides is 1. The highest BCUT2D eigenvalue weighted by Gasteiger charge is 2.21. The Morgan fingerprint density at radius 2 is 2.05 bits per heavy atom. The average Bonchev–Trinajstić information content (AvgIpc) is 3.01. The van der Waals surface area contributed by atoms with Crippen molar-refractivity contribution in [2.45, 2.75) is 13.5 Å². The maximum Gasteiger partial charge on any atom is 0.360 e. The Morgan fingerprint density at radius 1 is 1.33 bits per heavy atom. The van der Waals surface area contributed by atoms with Crippen molar-refractivity contribution in [3.63, 3.8) is 0 Å². The lowest BCUT2D eigenvalue weighted by Crippen LogP contribution is -2.16. The van der Waals surface area contributed by atoms with Crippen LogP contribution in [0.1, 0.15) is 27.9 Å². The molecule has 112 valence electrons. The number of aromatic nitrogens is 4. The Kier molecular flexibility index (Phi) is 4.27. The van der Waals surface area contributed by atoms with Gasteiger partial charge in [-0.25, -0.2) is 4.79 Å². The van der Waals surface area contributed by atoms with Crippen molar-refractivity contribution in [2.75, 3.05) is 12.4 Å². The number of nitrogens with zero attached hydrogens (tertiary/aromatic N) is 4. The summed E-state index contributed by atoms with van der Waals surface area (Å²) in [4.78, 5) is 23.8. The van der Waals surface area contributed by atoms with Gasteiger partial charge >= 0.3 is 5.97 Å². The minimum atomic E-state index is -0.635. The van der Waals surface area contributed by atoms with E-state index in [1.54, 1.807) is 13.2 Å². The molecule has 0 saturated carbocycles. The molecule has 2 rings (SSSR count). The highest BCUT2D eigenvalue weighted by molar-refractivity contribution is 6.34. The molecular formula is C12H14ClN5O3. The zero-order valence-corrected chi connectivity index (χ0v) is 12.5. The Bertz CT molecular complexity index is 691. The molecule has 9 heteroatoms. The second-order valence-electron chi connectivity index (χ2n) is 4.19. The number of anilines is 1. The fourth-order valence-corrected chi connectivity index (χ4v) is 1.98. The summed E-state index contributed by atoms with van der Waals surface area (Å²) >= 11 is 5.91. The van der Waals surface area contributed by atoms with E-state index in [1.807, 2.05) is 6.92 Å². The fourth-order valence-electron chi connectivity index (χ4n) is 1.72. The summed E-state index contributed by atoms with van der Waals surface area (Å²) in [5, 5.41) is 10.8. The van der Waals surface area contributed by atoms with Gasteiger partial charge in [-0.1, -0.05) is 11.6 Å². The number of halogens is 1. The van der Waals surface area contributed by atoms with Crippen LogP contribution in [0.25, 0.3) is 0 Å². The van der Waals surface area contributed by atoms with Crippen LogP contribution in [0.5, 0.6) is 0 Å². The average molecular weight is 312 g/mol. The van der Waals surface area contributed by atoms with E-state index in [4.69, 9.17) is 11.6 Å². The third kappa shape index (κ3) is 3.05. The van der Waals surface area contributed by atoms with E-state index in [0.29, 0.717) is 6.54 Å². The predicted molar refractivity (Wildman–Crippen MR) is 75.4 cm³/mol. The molecule has 0 atom stereocenters. The third-order valence-corrected chi connectivity index (χ3v) is 2.99. The standard InChI is InChI=1S/C12H14ClN5O3/c1-4-18-6-8(10(16-18)12(20)21-3)14-11(19)9-7(13)5-17(2)15-9/h5-6H,4H2,1-3H3,(H,14,19). The molecule has 0 unspecified atom stereocenters. The zero-order chi connectivity index (χ0) is 15.6. The maximum absolute atomic E-state index is 12.1. The molecule has 0 bridgehead atoms. The first-order valence-electron chi connectivity index (χ1n) is 6.12. The first-order valence-corrected chi connectivity index (χ1v) is 6.50. The number of rotatable bonds is 4. The second-order valence-corrected chi connectivity index (χ2v) is 4.60. The molecule has 0 fully saturated rings. The summed E-state index contributed by atoms with van der Waals surface area (Å²) in [6.45, 7) is 2.40. The van der Waals surface area contributed by atoms with Gasteiger partial charge in [0, 0.05) is 26.0 Å². The van der Waals surface area contributed by atoms with Gasteiger partial charge in [0.1, 0.15) is 0 Å². The number of aryl methyl sites for hydroxylation is 2. The van der Waals surface area contributed by atoms with Crippen molar-refractivity contribution >= 4 is 29.2 Å². The van der Waals surface area contributed by atoms with Crippen LogP contribution in [0.3, 0.4) is 0 Å². The van der Waals surface area contributed by atoms with Gasteiger partial charge in [-0.05, 0) is 6.92 Å². The van der Waals surface area contributed by atoms with E-state index < -0.39 is 11.9 Å². The lowest BCUT2D eigenvalue weighted by molar-refractivity contribution is 0.0594. The van der Waals surface area contributed by atoms with Gasteiger partial charge in [0.15, 0.2) is 11.4 Å². The van der Waals surface area contributed by atoms with Crippen LogP contribution >= 0.6 is 11.6 Å². The highest BCUT2D eigenvalue weighted by Crippen LogP contribution is 2.19. The summed E-state index contributed by atoms with van der Waals surface area (Å²) in [5.41, 5.74) is 0.342. The molecule has 0 radical (unpaired) electrons. The van der Waals surface area contributed by atoms with E-state index in [-0.39, 0.29) is 22.1 Å². The minimum Gasteiger partial charge on any atom is -0.464 e. The number of hydrogen-bond acceptors (Lipinski definition) is 5. The predicted octanol–water partition coefficient (Wildman–Crippen LogP) is 1.33. The summed E-state index contributed by atoms with van der Waals surface area (Å²) in [7, 11) is 2.90. The first kappa shape index (κ1) is 15.0. The van der Waals surface area contributed by atoms with E-state index in [1.165, 1.54) is 22.7 Å². The van der Waals surface area contributed by atoms with Crippen LogP contribution in [0.4, 0.5) is 5.69 Å². The molecule has 1 N–H and O–H groups in total. The summed E-state index contributed by atoms with van der Waals surface area (Å²) in [5.74, 6) is -1.16. The van der Waals surface area contributed by atoms with E-state index in [9.17, 15) is 9.59 Å². The molecule has 0 aliphatic heterocycles. The van der Waals surface area contributed by atoms with Crippen molar-refractivity contribution in [1.29, 1.82) is 0 Å². The van der Waals surface area contributed by atoms with Crippen LogP contribution in [0, 0.1) is 0 Å². The molecule has 0 aliphatic rings. The molecular weight excluding hydrogens is 298 g/mol. The normalized spacial score (nSPS) is 10.5. The van der Waals surface area contributed by atoms with Gasteiger partial charge in [-0.2, -0.15) is 10.2 Å². The molecule has 2 heterocycles. The van der Waals surface area contributed by atoms with Crippen molar-refractivity contribution in [3.8, 4) is 0 Å². The Morgan fingerprint density at radius 3 is 2.57 bits per heavy atom. The molecule has 2 aromatic rings. The fraction of sp³-hybridized carbons (Fsp3) is 0.333. The van der Waals surface area contributed by atoms with Crippen LogP contribution < -0.4 is 5.32 Å². The SMILES string of the molecule is CCn1cc(NC(=O)c2nn(C)cc2Cl)c(C(=O)OC)n1. The molecule has 0 saturated heterocycles. The number of carbonyl (C=O) groups is 2. The third-order valence-electron chi connectivity index (χ3n) is 2.71. The summed E-state index contributed by atoms with van der Waals surface area (Å²) in [6.07, 6.45) is 3.05. The number of esters is 1. The molecule has 0 spiro atoms. The molecule has 2 aromatic heterocycles. The molecule has 0 aliphatic carbocycles. The van der Waals surface area contributed by atoms with E-state index in [0.717, 1.165) is 0 Å². The molecule has 8 nitrogen and oxygen atoms in total. The van der Waals surface area contributed by atoms with Gasteiger partial charge in [-0.15, -0.1) is 0 Å². The topological polar surface area (TPSA) is 91.0 Å². The number of nitrogens with one attached hydrogen (secondary N) is 1. The Balaban J connectivity index is 2.30. The van der Waals surface area contributed by atoms with Gasteiger partial charge in [0.05, 0.1) is 17.8 Å². The van der Waals surface area contributed by atoms with E-state index >= 15 is 0 Å². The number of hydrogen-bond donors (Lipinski definition) is 1. The van der Waals surface area contributed by atoms with Gasteiger partial charge in [-0.3, -0.25) is 14.2 Å².